The highest BCUT2D eigenvalue weighted by Crippen LogP contribution is 2.34. The van der Waals surface area contributed by atoms with Gasteiger partial charge in [0.15, 0.2) is 0 Å². The van der Waals surface area contributed by atoms with Gasteiger partial charge in [0.25, 0.3) is 0 Å². The summed E-state index contributed by atoms with van der Waals surface area (Å²) in [4.78, 5) is 0. The van der Waals surface area contributed by atoms with Crippen molar-refractivity contribution >= 4 is 0 Å². The second-order valence-corrected chi connectivity index (χ2v) is 5.74. The average Bonchev–Trinajstić information content (AvgIpc) is 2.78. The zero-order valence-electron chi connectivity index (χ0n) is 11.4. The summed E-state index contributed by atoms with van der Waals surface area (Å²) >= 11 is 0. The minimum atomic E-state index is 0.478. The first-order valence-corrected chi connectivity index (χ1v) is 7.02. The molecule has 0 saturated heterocycles. The van der Waals surface area contributed by atoms with Crippen LogP contribution in [0.4, 0.5) is 0 Å². The predicted octanol–water partition coefficient (Wildman–Crippen LogP) is 1.30. The van der Waals surface area contributed by atoms with Gasteiger partial charge in [-0.2, -0.15) is 0 Å². The van der Waals surface area contributed by atoms with Gasteiger partial charge in [-0.1, -0.05) is 31.4 Å². The SMILES string of the molecule is CC1(CNCc2cn(CCN)nn2)CCCCC1. The first-order valence-electron chi connectivity index (χ1n) is 7.02. The molecule has 1 aromatic rings. The van der Waals surface area contributed by atoms with Crippen molar-refractivity contribution in [2.45, 2.75) is 52.1 Å². The molecule has 5 nitrogen and oxygen atoms in total. The molecule has 1 fully saturated rings. The van der Waals surface area contributed by atoms with Crippen molar-refractivity contribution in [3.63, 3.8) is 0 Å². The molecule has 18 heavy (non-hydrogen) atoms. The molecule has 0 aromatic carbocycles. The lowest BCUT2D eigenvalue weighted by Crippen LogP contribution is -2.33. The minimum absolute atomic E-state index is 0.478. The summed E-state index contributed by atoms with van der Waals surface area (Å²) in [6.07, 6.45) is 8.83. The van der Waals surface area contributed by atoms with E-state index >= 15 is 0 Å². The van der Waals surface area contributed by atoms with E-state index in [9.17, 15) is 0 Å². The van der Waals surface area contributed by atoms with E-state index in [2.05, 4.69) is 22.6 Å². The Morgan fingerprint density at radius 2 is 2.17 bits per heavy atom. The average molecular weight is 251 g/mol. The summed E-state index contributed by atoms with van der Waals surface area (Å²) in [5, 5.41) is 11.7. The highest BCUT2D eigenvalue weighted by Gasteiger charge is 2.26. The molecule has 0 spiro atoms. The van der Waals surface area contributed by atoms with Crippen molar-refractivity contribution in [1.82, 2.24) is 20.3 Å². The third-order valence-corrected chi connectivity index (χ3v) is 3.86. The van der Waals surface area contributed by atoms with Crippen molar-refractivity contribution in [3.8, 4) is 0 Å². The topological polar surface area (TPSA) is 68.8 Å². The van der Waals surface area contributed by atoms with Gasteiger partial charge in [0.2, 0.25) is 0 Å². The Balaban J connectivity index is 1.73. The first-order chi connectivity index (χ1) is 8.72. The molecule has 0 aliphatic heterocycles. The Bertz CT molecular complexity index is 354. The minimum Gasteiger partial charge on any atom is -0.329 e. The third kappa shape index (κ3) is 3.78. The molecule has 1 heterocycles. The fourth-order valence-electron chi connectivity index (χ4n) is 2.74. The summed E-state index contributed by atoms with van der Waals surface area (Å²) in [5.41, 5.74) is 6.96. The lowest BCUT2D eigenvalue weighted by atomic mass is 9.76. The number of nitrogens with two attached hydrogens (primary N) is 1. The monoisotopic (exact) mass is 251 g/mol. The van der Waals surface area contributed by atoms with Crippen LogP contribution in [-0.4, -0.2) is 28.1 Å². The van der Waals surface area contributed by atoms with E-state index in [0.717, 1.165) is 25.3 Å². The first kappa shape index (κ1) is 13.5. The highest BCUT2D eigenvalue weighted by molar-refractivity contribution is 4.92. The van der Waals surface area contributed by atoms with E-state index in [1.165, 1.54) is 32.1 Å². The Labute approximate surface area is 109 Å². The molecule has 0 radical (unpaired) electrons. The molecule has 0 unspecified atom stereocenters. The third-order valence-electron chi connectivity index (χ3n) is 3.86. The molecule has 2 rings (SSSR count). The normalized spacial score (nSPS) is 19.0. The van der Waals surface area contributed by atoms with Gasteiger partial charge in [0.05, 0.1) is 12.2 Å². The number of aromatic nitrogens is 3. The van der Waals surface area contributed by atoms with Gasteiger partial charge >= 0.3 is 0 Å². The Morgan fingerprint density at radius 3 is 2.89 bits per heavy atom. The summed E-state index contributed by atoms with van der Waals surface area (Å²) < 4.78 is 1.80. The maximum atomic E-state index is 5.48. The molecule has 1 aliphatic carbocycles. The Hall–Kier alpha value is -0.940. The van der Waals surface area contributed by atoms with E-state index in [1.807, 2.05) is 6.20 Å². The summed E-state index contributed by atoms with van der Waals surface area (Å²) in [6.45, 7) is 5.63. The van der Waals surface area contributed by atoms with Crippen molar-refractivity contribution in [2.24, 2.45) is 11.1 Å². The van der Waals surface area contributed by atoms with Crippen molar-refractivity contribution in [1.29, 1.82) is 0 Å². The van der Waals surface area contributed by atoms with Crippen molar-refractivity contribution in [2.75, 3.05) is 13.1 Å². The molecule has 102 valence electrons. The molecule has 0 amide bonds. The molecule has 3 N–H and O–H groups in total. The van der Waals surface area contributed by atoms with E-state index in [4.69, 9.17) is 5.73 Å². The fraction of sp³-hybridized carbons (Fsp3) is 0.846. The summed E-state index contributed by atoms with van der Waals surface area (Å²) in [7, 11) is 0. The molecule has 1 aromatic heterocycles. The van der Waals surface area contributed by atoms with Crippen LogP contribution in [0.25, 0.3) is 0 Å². The van der Waals surface area contributed by atoms with Crippen LogP contribution in [0.2, 0.25) is 0 Å². The molecular formula is C13H25N5. The van der Waals surface area contributed by atoms with Gasteiger partial charge < -0.3 is 11.1 Å². The van der Waals surface area contributed by atoms with Crippen molar-refractivity contribution in [3.05, 3.63) is 11.9 Å². The summed E-state index contributed by atoms with van der Waals surface area (Å²) in [5.74, 6) is 0. The summed E-state index contributed by atoms with van der Waals surface area (Å²) in [6, 6.07) is 0. The van der Waals surface area contributed by atoms with E-state index in [-0.39, 0.29) is 0 Å². The molecule has 5 heteroatoms. The lowest BCUT2D eigenvalue weighted by molar-refractivity contribution is 0.207. The molecule has 1 aliphatic rings. The predicted molar refractivity (Wildman–Crippen MR) is 72.0 cm³/mol. The van der Waals surface area contributed by atoms with Crippen LogP contribution in [0.1, 0.15) is 44.7 Å². The maximum Gasteiger partial charge on any atom is 0.0964 e. The van der Waals surface area contributed by atoms with Crippen LogP contribution in [-0.2, 0) is 13.1 Å². The van der Waals surface area contributed by atoms with Crippen LogP contribution in [0, 0.1) is 5.41 Å². The van der Waals surface area contributed by atoms with Gasteiger partial charge in [0.1, 0.15) is 0 Å². The van der Waals surface area contributed by atoms with E-state index < -0.39 is 0 Å². The van der Waals surface area contributed by atoms with Crippen LogP contribution < -0.4 is 11.1 Å². The van der Waals surface area contributed by atoms with E-state index in [1.54, 1.807) is 4.68 Å². The Kier molecular flexibility index (Phi) is 4.72. The number of nitrogens with one attached hydrogen (secondary N) is 1. The zero-order chi connectivity index (χ0) is 12.8. The highest BCUT2D eigenvalue weighted by atomic mass is 15.4. The number of nitrogens with zero attached hydrogens (tertiary/aromatic N) is 3. The quantitative estimate of drug-likeness (QED) is 0.799. The van der Waals surface area contributed by atoms with Crippen LogP contribution in [0.5, 0.6) is 0 Å². The van der Waals surface area contributed by atoms with Crippen LogP contribution in [0.15, 0.2) is 6.20 Å². The van der Waals surface area contributed by atoms with Gasteiger partial charge in [-0.3, -0.25) is 4.68 Å². The second-order valence-electron chi connectivity index (χ2n) is 5.74. The van der Waals surface area contributed by atoms with Gasteiger partial charge in [-0.05, 0) is 18.3 Å². The van der Waals surface area contributed by atoms with Crippen LogP contribution in [0.3, 0.4) is 0 Å². The molecule has 0 bridgehead atoms. The van der Waals surface area contributed by atoms with Crippen molar-refractivity contribution < 1.29 is 0 Å². The number of hydrogen-bond donors (Lipinski definition) is 2. The number of rotatable bonds is 6. The van der Waals surface area contributed by atoms with Crippen LogP contribution >= 0.6 is 0 Å². The molecular weight excluding hydrogens is 226 g/mol. The fourth-order valence-corrected chi connectivity index (χ4v) is 2.74. The number of hydrogen-bond acceptors (Lipinski definition) is 4. The van der Waals surface area contributed by atoms with Gasteiger partial charge in [0, 0.05) is 25.8 Å². The van der Waals surface area contributed by atoms with Gasteiger partial charge in [-0.15, -0.1) is 5.10 Å². The largest absolute Gasteiger partial charge is 0.329 e. The maximum absolute atomic E-state index is 5.48. The van der Waals surface area contributed by atoms with Gasteiger partial charge in [-0.25, -0.2) is 0 Å². The molecule has 0 atom stereocenters. The zero-order valence-corrected chi connectivity index (χ0v) is 11.4. The molecule has 1 saturated carbocycles. The van der Waals surface area contributed by atoms with E-state index in [0.29, 0.717) is 12.0 Å². The standard InChI is InChI=1S/C13H25N5/c1-13(5-3-2-4-6-13)11-15-9-12-10-18(8-7-14)17-16-12/h10,15H,2-9,11,14H2,1H3. The Morgan fingerprint density at radius 1 is 1.39 bits per heavy atom. The lowest BCUT2D eigenvalue weighted by Gasteiger charge is -2.33. The second kappa shape index (κ2) is 6.29. The smallest absolute Gasteiger partial charge is 0.0964 e.